The number of aldehydes is 1. The van der Waals surface area contributed by atoms with E-state index in [0.717, 1.165) is 0 Å². The molecule has 2 heterocycles. The molecule has 5 heteroatoms. The van der Waals surface area contributed by atoms with Crippen molar-refractivity contribution in [3.63, 3.8) is 0 Å². The zero-order valence-electron chi connectivity index (χ0n) is 7.75. The average molecular weight is 266 g/mol. The summed E-state index contributed by atoms with van der Waals surface area (Å²) in [5.74, 6) is 0. The van der Waals surface area contributed by atoms with Gasteiger partial charge in [-0.3, -0.25) is 4.79 Å². The van der Waals surface area contributed by atoms with Crippen molar-refractivity contribution in [2.75, 3.05) is 0 Å². The molecule has 0 amide bonds. The van der Waals surface area contributed by atoms with Gasteiger partial charge in [0.2, 0.25) is 0 Å². The Kier molecular flexibility index (Phi) is 5.18. The summed E-state index contributed by atoms with van der Waals surface area (Å²) < 4.78 is 0.687. The van der Waals surface area contributed by atoms with Gasteiger partial charge in [0.25, 0.3) is 0 Å². The van der Waals surface area contributed by atoms with Crippen molar-refractivity contribution < 1.29 is 4.79 Å². The van der Waals surface area contributed by atoms with Crippen LogP contribution in [0.5, 0.6) is 0 Å². The largest absolute Gasteiger partial charge is 0.296 e. The molecule has 4 nitrogen and oxygen atoms in total. The number of carbonyl (C=O) groups excluding carboxylic acids is 1. The highest BCUT2D eigenvalue weighted by Crippen LogP contribution is 2.03. The monoisotopic (exact) mass is 265 g/mol. The predicted octanol–water partition coefficient (Wildman–Crippen LogP) is 2.13. The van der Waals surface area contributed by atoms with Crippen LogP contribution in [0, 0.1) is 0 Å². The molecular formula is C10H8BrN3O. The summed E-state index contributed by atoms with van der Waals surface area (Å²) >= 11 is 3.13. The highest BCUT2D eigenvalue weighted by Gasteiger charge is 1.89. The fourth-order valence-corrected chi connectivity index (χ4v) is 1.10. The molecule has 0 N–H and O–H groups in total. The standard InChI is InChI=1S/C6H4BrNO.C4H4N2/c7-6-3-1-2-5(4-9)8-6;1-2-5-4-6-3-1/h1-4H;1-4H. The quantitative estimate of drug-likeness (QED) is 0.586. The van der Waals surface area contributed by atoms with Gasteiger partial charge in [0.1, 0.15) is 16.6 Å². The van der Waals surface area contributed by atoms with Crippen LogP contribution in [-0.4, -0.2) is 21.2 Å². The molecule has 0 fully saturated rings. The molecule has 0 spiro atoms. The molecule has 2 rings (SSSR count). The van der Waals surface area contributed by atoms with E-state index in [4.69, 9.17) is 0 Å². The SMILES string of the molecule is O=Cc1cccc(Br)n1.c1cncnc1. The lowest BCUT2D eigenvalue weighted by atomic mass is 10.4. The van der Waals surface area contributed by atoms with Crippen LogP contribution < -0.4 is 0 Å². The van der Waals surface area contributed by atoms with E-state index < -0.39 is 0 Å². The second-order valence-corrected chi connectivity index (χ2v) is 3.22. The summed E-state index contributed by atoms with van der Waals surface area (Å²) in [4.78, 5) is 21.3. The summed E-state index contributed by atoms with van der Waals surface area (Å²) in [5.41, 5.74) is 0.448. The van der Waals surface area contributed by atoms with Crippen LogP contribution in [0.3, 0.4) is 0 Å². The molecule has 15 heavy (non-hydrogen) atoms. The fourth-order valence-electron chi connectivity index (χ4n) is 0.743. The van der Waals surface area contributed by atoms with E-state index in [9.17, 15) is 4.79 Å². The van der Waals surface area contributed by atoms with E-state index in [2.05, 4.69) is 30.9 Å². The molecule has 0 saturated heterocycles. The van der Waals surface area contributed by atoms with Crippen LogP contribution in [0.1, 0.15) is 10.5 Å². The number of halogens is 1. The van der Waals surface area contributed by atoms with Crippen molar-refractivity contribution in [2.45, 2.75) is 0 Å². The molecule has 0 saturated carbocycles. The summed E-state index contributed by atoms with van der Waals surface area (Å²) in [6, 6.07) is 6.96. The molecule has 2 aromatic heterocycles. The molecule has 2 aromatic rings. The first-order valence-electron chi connectivity index (χ1n) is 4.10. The number of rotatable bonds is 1. The minimum Gasteiger partial charge on any atom is -0.296 e. The van der Waals surface area contributed by atoms with Gasteiger partial charge in [0, 0.05) is 12.4 Å². The van der Waals surface area contributed by atoms with Gasteiger partial charge in [-0.1, -0.05) is 6.07 Å². The van der Waals surface area contributed by atoms with Crippen LogP contribution in [0.2, 0.25) is 0 Å². The first kappa shape index (κ1) is 11.5. The minimum absolute atomic E-state index is 0.448. The van der Waals surface area contributed by atoms with Crippen molar-refractivity contribution in [1.82, 2.24) is 15.0 Å². The van der Waals surface area contributed by atoms with E-state index >= 15 is 0 Å². The molecular weight excluding hydrogens is 258 g/mol. The van der Waals surface area contributed by atoms with E-state index in [1.54, 1.807) is 36.7 Å². The maximum Gasteiger partial charge on any atom is 0.168 e. The molecule has 0 unspecified atom stereocenters. The third-order valence-corrected chi connectivity index (χ3v) is 1.78. The Morgan fingerprint density at radius 1 is 1.13 bits per heavy atom. The van der Waals surface area contributed by atoms with Crippen LogP contribution in [0.25, 0.3) is 0 Å². The Labute approximate surface area is 95.5 Å². The second-order valence-electron chi connectivity index (χ2n) is 2.41. The van der Waals surface area contributed by atoms with Crippen molar-refractivity contribution in [1.29, 1.82) is 0 Å². The van der Waals surface area contributed by atoms with Crippen molar-refractivity contribution in [2.24, 2.45) is 0 Å². The Hall–Kier alpha value is -1.62. The summed E-state index contributed by atoms with van der Waals surface area (Å²) in [6.45, 7) is 0. The Morgan fingerprint density at radius 3 is 2.20 bits per heavy atom. The topological polar surface area (TPSA) is 55.7 Å². The molecule has 0 aromatic carbocycles. The van der Waals surface area contributed by atoms with Gasteiger partial charge in [0.15, 0.2) is 6.29 Å². The summed E-state index contributed by atoms with van der Waals surface area (Å²) in [6.07, 6.45) is 5.59. The molecule has 76 valence electrons. The minimum atomic E-state index is 0.448. The van der Waals surface area contributed by atoms with Crippen LogP contribution in [0.15, 0.2) is 47.6 Å². The van der Waals surface area contributed by atoms with E-state index in [0.29, 0.717) is 16.6 Å². The molecule has 0 bridgehead atoms. The molecule has 0 radical (unpaired) electrons. The highest BCUT2D eigenvalue weighted by molar-refractivity contribution is 9.10. The summed E-state index contributed by atoms with van der Waals surface area (Å²) in [7, 11) is 0. The lowest BCUT2D eigenvalue weighted by Crippen LogP contribution is -1.83. The number of pyridine rings is 1. The average Bonchev–Trinajstić information content (AvgIpc) is 2.32. The molecule has 0 aliphatic heterocycles. The van der Waals surface area contributed by atoms with Crippen molar-refractivity contribution in [3.05, 3.63) is 53.3 Å². The van der Waals surface area contributed by atoms with Gasteiger partial charge in [-0.2, -0.15) is 0 Å². The van der Waals surface area contributed by atoms with Crippen LogP contribution >= 0.6 is 15.9 Å². The maximum absolute atomic E-state index is 10.1. The molecule has 0 aliphatic rings. The van der Waals surface area contributed by atoms with E-state index in [1.807, 2.05) is 0 Å². The van der Waals surface area contributed by atoms with Gasteiger partial charge in [0.05, 0.1) is 0 Å². The smallest absolute Gasteiger partial charge is 0.168 e. The van der Waals surface area contributed by atoms with Crippen molar-refractivity contribution >= 4 is 22.2 Å². The zero-order chi connectivity index (χ0) is 10.9. The van der Waals surface area contributed by atoms with Gasteiger partial charge >= 0.3 is 0 Å². The maximum atomic E-state index is 10.1. The van der Waals surface area contributed by atoms with Crippen molar-refractivity contribution in [3.8, 4) is 0 Å². The zero-order valence-corrected chi connectivity index (χ0v) is 9.33. The number of carbonyl (C=O) groups is 1. The normalized spacial score (nSPS) is 8.60. The molecule has 0 atom stereocenters. The Balaban J connectivity index is 0.000000162. The van der Waals surface area contributed by atoms with Crippen LogP contribution in [0.4, 0.5) is 0 Å². The first-order chi connectivity index (χ1) is 7.33. The number of aromatic nitrogens is 3. The Morgan fingerprint density at radius 2 is 1.87 bits per heavy atom. The lowest BCUT2D eigenvalue weighted by molar-refractivity contribution is 0.111. The number of hydrogen-bond donors (Lipinski definition) is 0. The highest BCUT2D eigenvalue weighted by atomic mass is 79.9. The third kappa shape index (κ3) is 4.97. The van der Waals surface area contributed by atoms with E-state index in [1.165, 1.54) is 6.33 Å². The molecule has 0 aliphatic carbocycles. The van der Waals surface area contributed by atoms with Gasteiger partial charge in [-0.15, -0.1) is 0 Å². The third-order valence-electron chi connectivity index (χ3n) is 1.33. The second kappa shape index (κ2) is 6.78. The number of hydrogen-bond acceptors (Lipinski definition) is 4. The van der Waals surface area contributed by atoms with Gasteiger partial charge < -0.3 is 0 Å². The predicted molar refractivity (Wildman–Crippen MR) is 59.4 cm³/mol. The number of nitrogens with zero attached hydrogens (tertiary/aromatic N) is 3. The lowest BCUT2D eigenvalue weighted by Gasteiger charge is -1.87. The van der Waals surface area contributed by atoms with Crippen LogP contribution in [-0.2, 0) is 0 Å². The Bertz CT molecular complexity index is 382. The van der Waals surface area contributed by atoms with E-state index in [-0.39, 0.29) is 0 Å². The first-order valence-corrected chi connectivity index (χ1v) is 4.90. The van der Waals surface area contributed by atoms with Gasteiger partial charge in [-0.05, 0) is 34.1 Å². The fraction of sp³-hybridized carbons (Fsp3) is 0. The summed E-state index contributed by atoms with van der Waals surface area (Å²) in [5, 5.41) is 0. The van der Waals surface area contributed by atoms with Gasteiger partial charge in [-0.25, -0.2) is 15.0 Å².